The molecule has 0 saturated carbocycles. The second-order valence-corrected chi connectivity index (χ2v) is 6.71. The van der Waals surface area contributed by atoms with Crippen LogP contribution in [0.4, 0.5) is 17.6 Å². The van der Waals surface area contributed by atoms with Crippen LogP contribution in [0.5, 0.6) is 0 Å². The summed E-state index contributed by atoms with van der Waals surface area (Å²) in [6, 6.07) is 11.8. The quantitative estimate of drug-likeness (QED) is 0.731. The van der Waals surface area contributed by atoms with Gasteiger partial charge in [0.1, 0.15) is 5.82 Å². The molecule has 5 heteroatoms. The Morgan fingerprint density at radius 1 is 1.04 bits per heavy atom. The maximum atomic E-state index is 13.3. The van der Waals surface area contributed by atoms with Crippen LogP contribution in [0.1, 0.15) is 42.4 Å². The van der Waals surface area contributed by atoms with Crippen LogP contribution < -0.4 is 5.32 Å². The van der Waals surface area contributed by atoms with Crippen LogP contribution in [0.3, 0.4) is 0 Å². The van der Waals surface area contributed by atoms with Crippen molar-refractivity contribution in [3.8, 4) is 0 Å². The molecule has 0 amide bonds. The third-order valence-corrected chi connectivity index (χ3v) is 5.06. The minimum absolute atomic E-state index is 0.0939. The van der Waals surface area contributed by atoms with Crippen molar-refractivity contribution >= 4 is 0 Å². The predicted molar refractivity (Wildman–Crippen MR) is 89.9 cm³/mol. The molecule has 0 aromatic heterocycles. The molecule has 2 aromatic rings. The molecule has 1 N–H and O–H groups in total. The van der Waals surface area contributed by atoms with Crippen LogP contribution in [0, 0.1) is 11.7 Å². The fraction of sp³-hybridized carbons (Fsp3) is 0.400. The van der Waals surface area contributed by atoms with E-state index in [0.29, 0.717) is 5.56 Å². The van der Waals surface area contributed by atoms with Gasteiger partial charge in [-0.25, -0.2) is 4.39 Å². The number of benzene rings is 2. The fourth-order valence-corrected chi connectivity index (χ4v) is 3.77. The number of nitrogens with one attached hydrogen (secondary N) is 1. The molecular weight excluding hydrogens is 330 g/mol. The Bertz CT molecular complexity index is 702. The summed E-state index contributed by atoms with van der Waals surface area (Å²) >= 11 is 0. The molecule has 1 heterocycles. The van der Waals surface area contributed by atoms with Gasteiger partial charge < -0.3 is 5.32 Å². The molecule has 1 aliphatic heterocycles. The molecule has 1 nitrogen and oxygen atoms in total. The number of halogens is 4. The van der Waals surface area contributed by atoms with Crippen molar-refractivity contribution in [1.29, 1.82) is 0 Å². The van der Waals surface area contributed by atoms with Gasteiger partial charge in [-0.15, -0.1) is 0 Å². The maximum absolute atomic E-state index is 13.3. The topological polar surface area (TPSA) is 12.0 Å². The van der Waals surface area contributed by atoms with Gasteiger partial charge in [0.15, 0.2) is 0 Å². The van der Waals surface area contributed by atoms with E-state index in [1.54, 1.807) is 18.2 Å². The van der Waals surface area contributed by atoms with Crippen molar-refractivity contribution in [1.82, 2.24) is 5.32 Å². The van der Waals surface area contributed by atoms with Crippen LogP contribution in [-0.2, 0) is 6.18 Å². The Morgan fingerprint density at radius 3 is 2.36 bits per heavy atom. The molecule has 3 atom stereocenters. The van der Waals surface area contributed by atoms with E-state index in [0.717, 1.165) is 31.0 Å². The van der Waals surface area contributed by atoms with E-state index in [-0.39, 0.29) is 23.7 Å². The fourth-order valence-electron chi connectivity index (χ4n) is 3.77. The van der Waals surface area contributed by atoms with E-state index in [1.807, 2.05) is 0 Å². The Morgan fingerprint density at radius 2 is 1.76 bits per heavy atom. The molecular formula is C20H21F4N. The zero-order valence-corrected chi connectivity index (χ0v) is 14.0. The Balaban J connectivity index is 2.02. The molecule has 0 bridgehead atoms. The zero-order valence-electron chi connectivity index (χ0n) is 14.0. The van der Waals surface area contributed by atoms with E-state index in [4.69, 9.17) is 0 Å². The third kappa shape index (κ3) is 4.03. The first-order valence-corrected chi connectivity index (χ1v) is 8.52. The van der Waals surface area contributed by atoms with Crippen molar-refractivity contribution in [3.63, 3.8) is 0 Å². The molecule has 1 saturated heterocycles. The summed E-state index contributed by atoms with van der Waals surface area (Å²) in [5.74, 6) is -0.479. The van der Waals surface area contributed by atoms with Crippen LogP contribution in [0.15, 0.2) is 48.5 Å². The molecule has 3 rings (SSSR count). The van der Waals surface area contributed by atoms with Gasteiger partial charge >= 0.3 is 6.18 Å². The summed E-state index contributed by atoms with van der Waals surface area (Å²) in [5, 5.41) is 3.44. The number of hydrogen-bond acceptors (Lipinski definition) is 1. The van der Waals surface area contributed by atoms with E-state index >= 15 is 0 Å². The highest BCUT2D eigenvalue weighted by atomic mass is 19.4. The second kappa shape index (κ2) is 7.16. The summed E-state index contributed by atoms with van der Waals surface area (Å²) in [5.41, 5.74) is 0.799. The monoisotopic (exact) mass is 351 g/mol. The van der Waals surface area contributed by atoms with E-state index in [9.17, 15) is 17.6 Å². The number of alkyl halides is 3. The summed E-state index contributed by atoms with van der Waals surface area (Å²) in [7, 11) is 0. The van der Waals surface area contributed by atoms with Gasteiger partial charge in [-0.3, -0.25) is 0 Å². The van der Waals surface area contributed by atoms with Crippen LogP contribution >= 0.6 is 0 Å². The number of rotatable bonds is 4. The van der Waals surface area contributed by atoms with Gasteiger partial charge in [0, 0.05) is 12.0 Å². The van der Waals surface area contributed by atoms with Gasteiger partial charge in [-0.2, -0.15) is 13.2 Å². The minimum Gasteiger partial charge on any atom is -0.314 e. The average molecular weight is 351 g/mol. The minimum atomic E-state index is -4.38. The first-order chi connectivity index (χ1) is 11.9. The molecule has 0 aliphatic carbocycles. The van der Waals surface area contributed by atoms with Crippen molar-refractivity contribution in [3.05, 3.63) is 71.0 Å². The summed E-state index contributed by atoms with van der Waals surface area (Å²) < 4.78 is 52.7. The van der Waals surface area contributed by atoms with Crippen molar-refractivity contribution in [2.75, 3.05) is 6.54 Å². The van der Waals surface area contributed by atoms with E-state index in [1.165, 1.54) is 24.3 Å². The molecule has 0 unspecified atom stereocenters. The molecule has 0 radical (unpaired) electrons. The highest BCUT2D eigenvalue weighted by Gasteiger charge is 2.34. The first kappa shape index (κ1) is 17.9. The van der Waals surface area contributed by atoms with Crippen molar-refractivity contribution in [2.24, 2.45) is 5.92 Å². The van der Waals surface area contributed by atoms with E-state index < -0.39 is 11.7 Å². The van der Waals surface area contributed by atoms with Crippen molar-refractivity contribution in [2.45, 2.75) is 37.9 Å². The lowest BCUT2D eigenvalue weighted by Gasteiger charge is -2.30. The Labute approximate surface area is 145 Å². The van der Waals surface area contributed by atoms with Gasteiger partial charge in [0.2, 0.25) is 0 Å². The highest BCUT2D eigenvalue weighted by molar-refractivity contribution is 5.37. The van der Waals surface area contributed by atoms with Gasteiger partial charge in [-0.1, -0.05) is 37.3 Å². The molecule has 1 fully saturated rings. The smallest absolute Gasteiger partial charge is 0.314 e. The van der Waals surface area contributed by atoms with Crippen molar-refractivity contribution < 1.29 is 17.6 Å². The van der Waals surface area contributed by atoms with Gasteiger partial charge in [0.05, 0.1) is 5.56 Å². The normalized spacial score (nSPS) is 20.4. The Hall–Kier alpha value is -1.88. The third-order valence-electron chi connectivity index (χ3n) is 5.06. The van der Waals surface area contributed by atoms with E-state index in [2.05, 4.69) is 12.2 Å². The van der Waals surface area contributed by atoms with Crippen LogP contribution in [0.2, 0.25) is 0 Å². The summed E-state index contributed by atoms with van der Waals surface area (Å²) in [6.45, 7) is 2.98. The molecule has 25 heavy (non-hydrogen) atoms. The van der Waals surface area contributed by atoms with Gasteiger partial charge in [0.25, 0.3) is 0 Å². The summed E-state index contributed by atoms with van der Waals surface area (Å²) in [6.07, 6.45) is -2.32. The zero-order chi connectivity index (χ0) is 18.0. The van der Waals surface area contributed by atoms with Crippen LogP contribution in [0.25, 0.3) is 0 Å². The lowest BCUT2D eigenvalue weighted by molar-refractivity contribution is -0.137. The second-order valence-electron chi connectivity index (χ2n) is 6.71. The molecule has 134 valence electrons. The molecule has 0 spiro atoms. The lowest BCUT2D eigenvalue weighted by atomic mass is 9.77. The van der Waals surface area contributed by atoms with Crippen LogP contribution in [-0.4, -0.2) is 12.6 Å². The molecule has 2 aromatic carbocycles. The predicted octanol–water partition coefficient (Wildman–Crippen LogP) is 5.36. The largest absolute Gasteiger partial charge is 0.416 e. The highest BCUT2D eigenvalue weighted by Crippen LogP contribution is 2.38. The van der Waals surface area contributed by atoms with Gasteiger partial charge in [-0.05, 0) is 54.6 Å². The number of hydrogen-bond donors (Lipinski definition) is 1. The Kier molecular flexibility index (Phi) is 5.13. The first-order valence-electron chi connectivity index (χ1n) is 8.52. The standard InChI is InChI=1S/C20H21F4N/c1-13(18-6-3-11-25-18)19(14-7-9-17(21)10-8-14)15-4-2-5-16(12-15)20(22,23)24/h2,4-5,7-10,12-13,18-19,25H,3,6,11H2,1H3/t13-,18+,19-/m0/s1. The molecule has 1 aliphatic rings. The maximum Gasteiger partial charge on any atom is 0.416 e. The SMILES string of the molecule is C[C@H]([C@@H](c1ccc(F)cc1)c1cccc(C(F)(F)F)c1)[C@H]1CCCN1. The summed E-state index contributed by atoms with van der Waals surface area (Å²) in [4.78, 5) is 0. The lowest BCUT2D eigenvalue weighted by Crippen LogP contribution is -2.33. The average Bonchev–Trinajstić information content (AvgIpc) is 3.11.